The molecule has 1 atom stereocenters. The first kappa shape index (κ1) is 17.9. The van der Waals surface area contributed by atoms with Crippen LogP contribution < -0.4 is 4.74 Å². The fraction of sp³-hybridized carbons (Fsp3) is 0.471. The molecule has 0 saturated carbocycles. The Morgan fingerprint density at radius 1 is 1.42 bits per heavy atom. The summed E-state index contributed by atoms with van der Waals surface area (Å²) in [6.45, 7) is 6.53. The van der Waals surface area contributed by atoms with E-state index in [-0.39, 0.29) is 6.54 Å². The van der Waals surface area contributed by atoms with Gasteiger partial charge in [-0.3, -0.25) is 9.69 Å². The Kier molecular flexibility index (Phi) is 5.92. The highest BCUT2D eigenvalue weighted by Crippen LogP contribution is 2.31. The molecule has 0 bridgehead atoms. The molecule has 1 aromatic heterocycles. The van der Waals surface area contributed by atoms with Crippen LogP contribution in [0.1, 0.15) is 42.7 Å². The molecule has 0 unspecified atom stereocenters. The van der Waals surface area contributed by atoms with Crippen LogP contribution in [0.25, 0.3) is 0 Å². The molecule has 1 N–H and O–H groups in total. The van der Waals surface area contributed by atoms with Gasteiger partial charge in [0.05, 0.1) is 13.7 Å². The summed E-state index contributed by atoms with van der Waals surface area (Å²) in [4.78, 5) is 18.0. The zero-order valence-electron chi connectivity index (χ0n) is 14.4. The normalized spacial score (nSPS) is 12.4. The molecular weight excluding hydrogens is 310 g/mol. The van der Waals surface area contributed by atoms with Gasteiger partial charge in [0, 0.05) is 12.0 Å². The number of benzene rings is 1. The van der Waals surface area contributed by atoms with Crippen LogP contribution in [0.4, 0.5) is 0 Å². The van der Waals surface area contributed by atoms with E-state index in [9.17, 15) is 9.90 Å². The van der Waals surface area contributed by atoms with Crippen LogP contribution in [0.3, 0.4) is 0 Å². The van der Waals surface area contributed by atoms with Crippen LogP contribution >= 0.6 is 0 Å². The Hall–Kier alpha value is -2.41. The summed E-state index contributed by atoms with van der Waals surface area (Å²) < 4.78 is 10.6. The van der Waals surface area contributed by atoms with Crippen LogP contribution in [0.2, 0.25) is 0 Å². The summed E-state index contributed by atoms with van der Waals surface area (Å²) in [6.07, 6.45) is 0.670. The quantitative estimate of drug-likeness (QED) is 0.794. The minimum atomic E-state index is -0.948. The third kappa shape index (κ3) is 3.91. The molecule has 0 spiro atoms. The third-order valence-corrected chi connectivity index (χ3v) is 3.85. The van der Waals surface area contributed by atoms with Crippen LogP contribution in [0.5, 0.6) is 5.75 Å². The Bertz CT molecular complexity index is 699. The maximum Gasteiger partial charge on any atom is 0.325 e. The molecule has 0 amide bonds. The molecule has 1 aromatic carbocycles. The number of methoxy groups -OCH3 is 1. The summed E-state index contributed by atoms with van der Waals surface area (Å²) in [7, 11) is 1.54. The lowest BCUT2D eigenvalue weighted by atomic mass is 10.0. The lowest BCUT2D eigenvalue weighted by molar-refractivity contribution is -0.144. The predicted octanol–water partition coefficient (Wildman–Crippen LogP) is 2.60. The van der Waals surface area contributed by atoms with E-state index in [4.69, 9.17) is 9.26 Å². The minimum absolute atomic E-state index is 0.261. The highest BCUT2D eigenvalue weighted by atomic mass is 16.5. The number of carbonyl (C=O) groups is 1. The summed E-state index contributed by atoms with van der Waals surface area (Å²) in [5.74, 6) is 0.620. The standard InChI is InChI=1S/C17H23N3O4/c1-5-14-18-15(24-19-14)10-20(6-2)16(17(21)22)12-9-11(3)7-8-13(12)23-4/h7-9,16H,5-6,10H2,1-4H3,(H,21,22)/t16-/m0/s1. The van der Waals surface area contributed by atoms with Gasteiger partial charge in [-0.2, -0.15) is 4.98 Å². The number of aromatic nitrogens is 2. The van der Waals surface area contributed by atoms with Crippen molar-refractivity contribution in [3.8, 4) is 5.75 Å². The van der Waals surface area contributed by atoms with Gasteiger partial charge in [-0.25, -0.2) is 0 Å². The number of aryl methyl sites for hydroxylation is 2. The van der Waals surface area contributed by atoms with Gasteiger partial charge in [-0.05, 0) is 19.5 Å². The van der Waals surface area contributed by atoms with E-state index in [0.29, 0.717) is 36.0 Å². The van der Waals surface area contributed by atoms with Gasteiger partial charge in [-0.1, -0.05) is 36.7 Å². The third-order valence-electron chi connectivity index (χ3n) is 3.85. The summed E-state index contributed by atoms with van der Waals surface area (Å²) in [5, 5.41) is 13.7. The molecule has 130 valence electrons. The van der Waals surface area contributed by atoms with Gasteiger partial charge in [0.25, 0.3) is 0 Å². The lowest BCUT2D eigenvalue weighted by Gasteiger charge is -2.27. The molecule has 0 aliphatic carbocycles. The van der Waals surface area contributed by atoms with Crippen molar-refractivity contribution in [1.82, 2.24) is 15.0 Å². The average Bonchev–Trinajstić information content (AvgIpc) is 3.01. The molecular formula is C17H23N3O4. The van der Waals surface area contributed by atoms with E-state index in [1.165, 1.54) is 7.11 Å². The molecule has 0 fully saturated rings. The summed E-state index contributed by atoms with van der Waals surface area (Å²) >= 11 is 0. The van der Waals surface area contributed by atoms with Crippen LogP contribution in [0, 0.1) is 6.92 Å². The second kappa shape index (κ2) is 7.92. The van der Waals surface area contributed by atoms with E-state index in [1.807, 2.05) is 32.9 Å². The van der Waals surface area contributed by atoms with Crippen molar-refractivity contribution in [2.24, 2.45) is 0 Å². The number of carboxylic acids is 1. The molecule has 7 heteroatoms. The number of likely N-dealkylation sites (N-methyl/N-ethyl adjacent to an activating group) is 1. The zero-order valence-corrected chi connectivity index (χ0v) is 14.4. The second-order valence-corrected chi connectivity index (χ2v) is 5.51. The molecule has 2 aromatic rings. The average molecular weight is 333 g/mol. The summed E-state index contributed by atoms with van der Waals surface area (Å²) in [5.41, 5.74) is 1.58. The van der Waals surface area contributed by atoms with E-state index in [2.05, 4.69) is 10.1 Å². The summed E-state index contributed by atoms with van der Waals surface area (Å²) in [6, 6.07) is 4.66. The number of aliphatic carboxylic acids is 1. The lowest BCUT2D eigenvalue weighted by Crippen LogP contribution is -2.34. The number of ether oxygens (including phenoxy) is 1. The fourth-order valence-corrected chi connectivity index (χ4v) is 2.61. The van der Waals surface area contributed by atoms with Gasteiger partial charge >= 0.3 is 5.97 Å². The van der Waals surface area contributed by atoms with Crippen LogP contribution in [0.15, 0.2) is 22.7 Å². The van der Waals surface area contributed by atoms with Gasteiger partial charge in [0.1, 0.15) is 11.8 Å². The van der Waals surface area contributed by atoms with Crippen molar-refractivity contribution in [3.05, 3.63) is 41.0 Å². The smallest absolute Gasteiger partial charge is 0.325 e. The highest BCUT2D eigenvalue weighted by Gasteiger charge is 2.30. The van der Waals surface area contributed by atoms with Gasteiger partial charge < -0.3 is 14.4 Å². The highest BCUT2D eigenvalue weighted by molar-refractivity contribution is 5.77. The fourth-order valence-electron chi connectivity index (χ4n) is 2.61. The van der Waals surface area contributed by atoms with Crippen molar-refractivity contribution in [3.63, 3.8) is 0 Å². The molecule has 0 aliphatic rings. The predicted molar refractivity (Wildman–Crippen MR) is 87.9 cm³/mol. The molecule has 0 aliphatic heterocycles. The molecule has 0 saturated heterocycles. The topological polar surface area (TPSA) is 88.7 Å². The van der Waals surface area contributed by atoms with E-state index in [0.717, 1.165) is 5.56 Å². The Balaban J connectivity index is 2.37. The van der Waals surface area contributed by atoms with Gasteiger partial charge in [0.15, 0.2) is 5.82 Å². The number of carboxylic acid groups (broad SMARTS) is 1. The van der Waals surface area contributed by atoms with Crippen LogP contribution in [-0.2, 0) is 17.8 Å². The number of nitrogens with zero attached hydrogens (tertiary/aromatic N) is 3. The minimum Gasteiger partial charge on any atom is -0.496 e. The van der Waals surface area contributed by atoms with Gasteiger partial charge in [0.2, 0.25) is 5.89 Å². The number of hydrogen-bond acceptors (Lipinski definition) is 6. The van der Waals surface area contributed by atoms with Gasteiger partial charge in [-0.15, -0.1) is 0 Å². The molecule has 24 heavy (non-hydrogen) atoms. The molecule has 1 heterocycles. The van der Waals surface area contributed by atoms with Crippen molar-refractivity contribution in [2.45, 2.75) is 39.8 Å². The van der Waals surface area contributed by atoms with Crippen molar-refractivity contribution < 1.29 is 19.2 Å². The van der Waals surface area contributed by atoms with E-state index < -0.39 is 12.0 Å². The Labute approximate surface area is 141 Å². The Morgan fingerprint density at radius 3 is 2.71 bits per heavy atom. The van der Waals surface area contributed by atoms with Crippen LogP contribution in [-0.4, -0.2) is 39.8 Å². The molecule has 0 radical (unpaired) electrons. The molecule has 7 nitrogen and oxygen atoms in total. The second-order valence-electron chi connectivity index (χ2n) is 5.51. The first-order valence-corrected chi connectivity index (χ1v) is 7.92. The number of rotatable bonds is 8. The first-order chi connectivity index (χ1) is 11.5. The maximum atomic E-state index is 12.0. The van der Waals surface area contributed by atoms with Crippen molar-refractivity contribution >= 4 is 5.97 Å². The molecule has 2 rings (SSSR count). The van der Waals surface area contributed by atoms with E-state index in [1.54, 1.807) is 11.0 Å². The number of hydrogen-bond donors (Lipinski definition) is 1. The first-order valence-electron chi connectivity index (χ1n) is 7.92. The van der Waals surface area contributed by atoms with Crippen molar-refractivity contribution in [1.29, 1.82) is 0 Å². The zero-order chi connectivity index (χ0) is 17.7. The maximum absolute atomic E-state index is 12.0. The van der Waals surface area contributed by atoms with E-state index >= 15 is 0 Å². The monoisotopic (exact) mass is 333 g/mol. The largest absolute Gasteiger partial charge is 0.496 e. The Morgan fingerprint density at radius 2 is 2.17 bits per heavy atom. The van der Waals surface area contributed by atoms with Crippen molar-refractivity contribution in [2.75, 3.05) is 13.7 Å². The SMILES string of the molecule is CCc1noc(CN(CC)[C@H](C(=O)O)c2cc(C)ccc2OC)n1.